The topological polar surface area (TPSA) is 17.1 Å². The summed E-state index contributed by atoms with van der Waals surface area (Å²) >= 11 is 0. The molecule has 1 saturated heterocycles. The van der Waals surface area contributed by atoms with Gasteiger partial charge in [0, 0.05) is 6.42 Å². The first-order valence-electron chi connectivity index (χ1n) is 3.51. The maximum absolute atomic E-state index is 11.1. The molecule has 0 spiro atoms. The summed E-state index contributed by atoms with van der Waals surface area (Å²) in [5, 5.41) is 0. The van der Waals surface area contributed by atoms with Crippen molar-refractivity contribution in [1.82, 2.24) is 0 Å². The van der Waals surface area contributed by atoms with Crippen molar-refractivity contribution >= 4 is 27.4 Å². The highest BCUT2D eigenvalue weighted by molar-refractivity contribution is 8.92. The third-order valence-corrected chi connectivity index (χ3v) is 3.89. The normalized spacial score (nSPS) is 24.6. The average molecular weight is 184 g/mol. The SMILES string of the molecule is CC1=CC(C2SS2)=CCC1=O. The van der Waals surface area contributed by atoms with Gasteiger partial charge in [0.15, 0.2) is 5.78 Å². The number of hydrogen-bond acceptors (Lipinski definition) is 3. The second-order valence-corrected chi connectivity index (χ2v) is 5.46. The monoisotopic (exact) mass is 184 g/mol. The van der Waals surface area contributed by atoms with Gasteiger partial charge in [0.25, 0.3) is 0 Å². The zero-order chi connectivity index (χ0) is 7.84. The molecule has 0 saturated carbocycles. The van der Waals surface area contributed by atoms with Crippen LogP contribution in [0.3, 0.4) is 0 Å². The van der Waals surface area contributed by atoms with E-state index >= 15 is 0 Å². The first-order valence-corrected chi connectivity index (χ1v) is 5.78. The molecule has 1 aliphatic heterocycles. The van der Waals surface area contributed by atoms with Crippen LogP contribution in [0.5, 0.6) is 0 Å². The molecule has 1 heterocycles. The Morgan fingerprint density at radius 1 is 1.55 bits per heavy atom. The lowest BCUT2D eigenvalue weighted by Crippen LogP contribution is -2.04. The Morgan fingerprint density at radius 3 is 2.82 bits per heavy atom. The number of carbonyl (C=O) groups excluding carboxylic acids is 1. The van der Waals surface area contributed by atoms with Crippen LogP contribution in [0.15, 0.2) is 23.3 Å². The van der Waals surface area contributed by atoms with Crippen molar-refractivity contribution in [3.8, 4) is 0 Å². The van der Waals surface area contributed by atoms with Crippen LogP contribution in [-0.4, -0.2) is 10.4 Å². The van der Waals surface area contributed by atoms with Gasteiger partial charge in [-0.05, 0) is 18.1 Å². The highest BCUT2D eigenvalue weighted by Crippen LogP contribution is 2.57. The van der Waals surface area contributed by atoms with Gasteiger partial charge in [-0.2, -0.15) is 0 Å². The van der Waals surface area contributed by atoms with Crippen molar-refractivity contribution < 1.29 is 4.79 Å². The number of carbonyl (C=O) groups is 1. The molecule has 0 amide bonds. The van der Waals surface area contributed by atoms with Gasteiger partial charge in [0.05, 0.1) is 4.58 Å². The first kappa shape index (κ1) is 7.50. The standard InChI is InChI=1S/C8H8OS2/c1-5-4-6(8-10-11-8)2-3-7(5)9/h2,4,8H,3H2,1H3. The number of Topliss-reactive ketones (excluding diaryl/α,β-unsaturated/α-hetero) is 1. The molecule has 0 bridgehead atoms. The second-order valence-electron chi connectivity index (χ2n) is 2.68. The molecule has 0 aromatic rings. The zero-order valence-electron chi connectivity index (χ0n) is 6.16. The van der Waals surface area contributed by atoms with Crippen LogP contribution in [0.25, 0.3) is 0 Å². The molecule has 0 aromatic carbocycles. The van der Waals surface area contributed by atoms with E-state index in [4.69, 9.17) is 0 Å². The lowest BCUT2D eigenvalue weighted by atomic mass is 10.0. The van der Waals surface area contributed by atoms with E-state index in [1.54, 1.807) is 0 Å². The molecule has 0 atom stereocenters. The molecule has 0 aromatic heterocycles. The van der Waals surface area contributed by atoms with Gasteiger partial charge in [-0.1, -0.05) is 33.7 Å². The highest BCUT2D eigenvalue weighted by atomic mass is 33.2. The Bertz CT molecular complexity index is 261. The fourth-order valence-corrected chi connectivity index (χ4v) is 2.50. The van der Waals surface area contributed by atoms with Crippen molar-refractivity contribution in [1.29, 1.82) is 0 Å². The van der Waals surface area contributed by atoms with Crippen LogP contribution in [0.4, 0.5) is 0 Å². The van der Waals surface area contributed by atoms with Crippen molar-refractivity contribution in [2.75, 3.05) is 0 Å². The van der Waals surface area contributed by atoms with Crippen molar-refractivity contribution in [3.05, 3.63) is 23.3 Å². The molecular formula is C8H8OS2. The van der Waals surface area contributed by atoms with Gasteiger partial charge >= 0.3 is 0 Å². The van der Waals surface area contributed by atoms with Crippen LogP contribution in [0.2, 0.25) is 0 Å². The molecule has 2 aliphatic rings. The average Bonchev–Trinajstić information content (AvgIpc) is 2.77. The van der Waals surface area contributed by atoms with Crippen molar-refractivity contribution in [3.63, 3.8) is 0 Å². The molecule has 0 radical (unpaired) electrons. The number of ketones is 1. The summed E-state index contributed by atoms with van der Waals surface area (Å²) in [6.07, 6.45) is 4.67. The minimum absolute atomic E-state index is 0.268. The Balaban J connectivity index is 2.19. The molecule has 2 rings (SSSR count). The predicted molar refractivity (Wildman–Crippen MR) is 50.4 cm³/mol. The molecule has 11 heavy (non-hydrogen) atoms. The van der Waals surface area contributed by atoms with E-state index in [0.717, 1.165) is 5.57 Å². The van der Waals surface area contributed by atoms with E-state index in [-0.39, 0.29) is 5.78 Å². The molecule has 1 aliphatic carbocycles. The van der Waals surface area contributed by atoms with E-state index in [2.05, 4.69) is 0 Å². The lowest BCUT2D eigenvalue weighted by molar-refractivity contribution is -0.114. The molecule has 0 unspecified atom stereocenters. The number of hydrogen-bond donors (Lipinski definition) is 0. The van der Waals surface area contributed by atoms with Crippen molar-refractivity contribution in [2.24, 2.45) is 0 Å². The predicted octanol–water partition coefficient (Wildman–Crippen LogP) is 2.55. The van der Waals surface area contributed by atoms with Crippen molar-refractivity contribution in [2.45, 2.75) is 17.9 Å². The van der Waals surface area contributed by atoms with Crippen LogP contribution < -0.4 is 0 Å². The second kappa shape index (κ2) is 2.72. The fourth-order valence-electron chi connectivity index (χ4n) is 1.06. The van der Waals surface area contributed by atoms with Gasteiger partial charge in [-0.15, -0.1) is 0 Å². The number of allylic oxidation sites excluding steroid dienone is 3. The van der Waals surface area contributed by atoms with Crippen LogP contribution in [0.1, 0.15) is 13.3 Å². The summed E-state index contributed by atoms with van der Waals surface area (Å²) in [5.74, 6) is 0.268. The van der Waals surface area contributed by atoms with E-state index < -0.39 is 0 Å². The molecule has 1 nitrogen and oxygen atoms in total. The molecule has 58 valence electrons. The van der Waals surface area contributed by atoms with Gasteiger partial charge in [0.2, 0.25) is 0 Å². The maximum atomic E-state index is 11.1. The molecule has 0 N–H and O–H groups in total. The summed E-state index contributed by atoms with van der Waals surface area (Å²) in [5.41, 5.74) is 2.24. The Labute approximate surface area is 73.7 Å². The smallest absolute Gasteiger partial charge is 0.162 e. The summed E-state index contributed by atoms with van der Waals surface area (Å²) in [4.78, 5) is 11.1. The molecule has 1 fully saturated rings. The maximum Gasteiger partial charge on any atom is 0.162 e. The molecule has 3 heteroatoms. The fraction of sp³-hybridized carbons (Fsp3) is 0.375. The Kier molecular flexibility index (Phi) is 1.85. The molecular weight excluding hydrogens is 176 g/mol. The summed E-state index contributed by atoms with van der Waals surface area (Å²) in [6, 6.07) is 0. The highest BCUT2D eigenvalue weighted by Gasteiger charge is 2.29. The van der Waals surface area contributed by atoms with Crippen LogP contribution >= 0.6 is 21.6 Å². The van der Waals surface area contributed by atoms with Gasteiger partial charge < -0.3 is 0 Å². The van der Waals surface area contributed by atoms with Gasteiger partial charge in [-0.25, -0.2) is 0 Å². The minimum Gasteiger partial charge on any atom is -0.294 e. The summed E-state index contributed by atoms with van der Waals surface area (Å²) in [7, 11) is 3.74. The van der Waals surface area contributed by atoms with Crippen LogP contribution in [0, 0.1) is 0 Å². The van der Waals surface area contributed by atoms with Gasteiger partial charge in [-0.3, -0.25) is 4.79 Å². The third-order valence-electron chi connectivity index (χ3n) is 1.81. The minimum atomic E-state index is 0.268. The summed E-state index contributed by atoms with van der Waals surface area (Å²) < 4.78 is 0.623. The number of rotatable bonds is 1. The van der Waals surface area contributed by atoms with Crippen LogP contribution in [-0.2, 0) is 4.79 Å². The van der Waals surface area contributed by atoms with E-state index in [0.29, 0.717) is 11.0 Å². The largest absolute Gasteiger partial charge is 0.294 e. The van der Waals surface area contributed by atoms with E-state index in [9.17, 15) is 4.79 Å². The summed E-state index contributed by atoms with van der Waals surface area (Å²) in [6.45, 7) is 1.90. The Morgan fingerprint density at radius 2 is 2.27 bits per heavy atom. The zero-order valence-corrected chi connectivity index (χ0v) is 7.80. The van der Waals surface area contributed by atoms with E-state index in [1.807, 2.05) is 40.7 Å². The van der Waals surface area contributed by atoms with Gasteiger partial charge in [0.1, 0.15) is 0 Å². The Hall–Kier alpha value is -0.150. The third kappa shape index (κ3) is 1.54. The first-order chi connectivity index (χ1) is 5.27. The van der Waals surface area contributed by atoms with E-state index in [1.165, 1.54) is 5.57 Å². The lowest BCUT2D eigenvalue weighted by Gasteiger charge is -2.06. The quantitative estimate of drug-likeness (QED) is 0.460.